The molecule has 2 rings (SSSR count). The Bertz CT molecular complexity index is 573. The highest BCUT2D eigenvalue weighted by atomic mass is 127. The first kappa shape index (κ1) is 13.4. The van der Waals surface area contributed by atoms with Crippen LogP contribution in [-0.2, 0) is 0 Å². The van der Waals surface area contributed by atoms with Crippen LogP contribution in [0.5, 0.6) is 0 Å². The van der Waals surface area contributed by atoms with Crippen LogP contribution in [0.25, 0.3) is 11.0 Å². The van der Waals surface area contributed by atoms with E-state index in [1.54, 1.807) is 0 Å². The molecular formula is C12H15IN2S2. The van der Waals surface area contributed by atoms with Gasteiger partial charge in [-0.2, -0.15) is 11.8 Å². The van der Waals surface area contributed by atoms with Gasteiger partial charge in [0.1, 0.15) is 0 Å². The molecule has 17 heavy (non-hydrogen) atoms. The van der Waals surface area contributed by atoms with Crippen molar-refractivity contribution in [1.29, 1.82) is 0 Å². The first-order valence-electron chi connectivity index (χ1n) is 5.56. The van der Waals surface area contributed by atoms with Gasteiger partial charge in [0.2, 0.25) is 0 Å². The number of hydrogen-bond acceptors (Lipinski definition) is 2. The minimum atomic E-state index is 0.478. The fraction of sp³-hybridized carbons (Fsp3) is 0.417. The Kier molecular flexibility index (Phi) is 4.54. The molecule has 1 unspecified atom stereocenters. The van der Waals surface area contributed by atoms with E-state index in [1.807, 2.05) is 11.8 Å². The molecular weight excluding hydrogens is 363 g/mol. The van der Waals surface area contributed by atoms with E-state index in [9.17, 15) is 0 Å². The number of hydrogen-bond donors (Lipinski definition) is 1. The van der Waals surface area contributed by atoms with Crippen LogP contribution in [0.3, 0.4) is 0 Å². The minimum absolute atomic E-state index is 0.478. The maximum absolute atomic E-state index is 5.45. The zero-order chi connectivity index (χ0) is 12.4. The highest BCUT2D eigenvalue weighted by Crippen LogP contribution is 2.24. The summed E-state index contributed by atoms with van der Waals surface area (Å²) in [6.07, 6.45) is 3.25. The number of rotatable bonds is 4. The summed E-state index contributed by atoms with van der Waals surface area (Å²) in [5.41, 5.74) is 2.36. The number of imidazole rings is 1. The molecule has 1 atom stereocenters. The number of H-pyrrole nitrogens is 1. The lowest BCUT2D eigenvalue weighted by Crippen LogP contribution is -2.10. The number of benzene rings is 1. The predicted octanol–water partition coefficient (Wildman–Crippen LogP) is 4.62. The van der Waals surface area contributed by atoms with Crippen molar-refractivity contribution in [2.24, 2.45) is 0 Å². The first-order valence-corrected chi connectivity index (χ1v) is 8.44. The molecule has 2 aromatic rings. The first-order chi connectivity index (χ1) is 8.17. The van der Waals surface area contributed by atoms with Crippen LogP contribution in [0.2, 0.25) is 0 Å². The van der Waals surface area contributed by atoms with Crippen molar-refractivity contribution in [2.75, 3.05) is 12.0 Å². The van der Waals surface area contributed by atoms with Crippen molar-refractivity contribution in [3.05, 3.63) is 26.5 Å². The van der Waals surface area contributed by atoms with E-state index in [-0.39, 0.29) is 0 Å². The van der Waals surface area contributed by atoms with Gasteiger partial charge in [0, 0.05) is 15.4 Å². The van der Waals surface area contributed by atoms with E-state index in [0.29, 0.717) is 6.04 Å². The van der Waals surface area contributed by atoms with Gasteiger partial charge >= 0.3 is 0 Å². The summed E-state index contributed by atoms with van der Waals surface area (Å²) in [5, 5.41) is 0. The number of aromatic amines is 1. The second-order valence-corrected chi connectivity index (χ2v) is 6.52. The van der Waals surface area contributed by atoms with E-state index < -0.39 is 0 Å². The van der Waals surface area contributed by atoms with Crippen molar-refractivity contribution in [3.63, 3.8) is 0 Å². The summed E-state index contributed by atoms with van der Waals surface area (Å²) in [6.45, 7) is 2.22. The van der Waals surface area contributed by atoms with Crippen LogP contribution in [0.15, 0.2) is 18.2 Å². The third-order valence-corrected chi connectivity index (χ3v) is 4.56. The van der Waals surface area contributed by atoms with E-state index >= 15 is 0 Å². The maximum Gasteiger partial charge on any atom is 0.178 e. The van der Waals surface area contributed by atoms with Crippen LogP contribution < -0.4 is 0 Å². The average Bonchev–Trinajstić information content (AvgIpc) is 2.61. The fourth-order valence-corrected chi connectivity index (χ4v) is 3.65. The molecule has 1 aromatic heterocycles. The lowest BCUT2D eigenvalue weighted by atomic mass is 10.2. The van der Waals surface area contributed by atoms with E-state index in [1.165, 1.54) is 9.09 Å². The van der Waals surface area contributed by atoms with Gasteiger partial charge in [0.15, 0.2) is 4.77 Å². The topological polar surface area (TPSA) is 20.7 Å². The third kappa shape index (κ3) is 2.71. The number of thioether (sulfide) groups is 1. The molecule has 0 aliphatic rings. The van der Waals surface area contributed by atoms with Gasteiger partial charge in [0.25, 0.3) is 0 Å². The van der Waals surface area contributed by atoms with Gasteiger partial charge in [0.05, 0.1) is 11.0 Å². The molecule has 0 saturated heterocycles. The summed E-state index contributed by atoms with van der Waals surface area (Å²) >= 11 is 9.64. The van der Waals surface area contributed by atoms with Gasteiger partial charge in [-0.1, -0.05) is 6.92 Å². The van der Waals surface area contributed by atoms with Crippen molar-refractivity contribution < 1.29 is 0 Å². The highest BCUT2D eigenvalue weighted by molar-refractivity contribution is 14.1. The summed E-state index contributed by atoms with van der Waals surface area (Å²) in [5.74, 6) is 1.10. The van der Waals surface area contributed by atoms with Crippen LogP contribution in [-0.4, -0.2) is 21.6 Å². The molecule has 0 saturated carbocycles. The van der Waals surface area contributed by atoms with Gasteiger partial charge in [-0.15, -0.1) is 0 Å². The van der Waals surface area contributed by atoms with Crippen LogP contribution in [0.4, 0.5) is 0 Å². The molecule has 0 spiro atoms. The maximum atomic E-state index is 5.45. The monoisotopic (exact) mass is 378 g/mol. The number of nitrogens with one attached hydrogen (secondary N) is 1. The van der Waals surface area contributed by atoms with Gasteiger partial charge in [-0.3, -0.25) is 0 Å². The van der Waals surface area contributed by atoms with Crippen LogP contribution >= 0.6 is 46.6 Å². The number of halogens is 1. The zero-order valence-corrected chi connectivity index (χ0v) is 13.7. The average molecular weight is 378 g/mol. The Morgan fingerprint density at radius 3 is 2.94 bits per heavy atom. The second-order valence-electron chi connectivity index (χ2n) is 3.98. The van der Waals surface area contributed by atoms with Crippen molar-refractivity contribution in [2.45, 2.75) is 19.4 Å². The Morgan fingerprint density at radius 2 is 2.29 bits per heavy atom. The molecule has 0 aliphatic carbocycles. The van der Waals surface area contributed by atoms with E-state index in [0.717, 1.165) is 22.5 Å². The molecule has 2 nitrogen and oxygen atoms in total. The molecule has 0 amide bonds. The Balaban J connectivity index is 2.59. The number of nitrogens with zero attached hydrogens (tertiary/aromatic N) is 1. The number of aromatic nitrogens is 2. The molecule has 0 bridgehead atoms. The smallest absolute Gasteiger partial charge is 0.178 e. The third-order valence-electron chi connectivity index (χ3n) is 2.87. The van der Waals surface area contributed by atoms with Gasteiger partial charge in [-0.05, 0) is 65.7 Å². The van der Waals surface area contributed by atoms with Gasteiger partial charge < -0.3 is 9.55 Å². The normalized spacial score (nSPS) is 13.1. The molecule has 1 heterocycles. The molecule has 5 heteroatoms. The minimum Gasteiger partial charge on any atom is -0.331 e. The number of fused-ring (bicyclic) bond motifs is 1. The Labute approximate surface area is 124 Å². The summed E-state index contributed by atoms with van der Waals surface area (Å²) in [4.78, 5) is 3.30. The Hall–Kier alpha value is -0.0100. The second kappa shape index (κ2) is 5.75. The highest BCUT2D eigenvalue weighted by Gasteiger charge is 2.13. The fourth-order valence-electron chi connectivity index (χ4n) is 2.03. The summed E-state index contributed by atoms with van der Waals surface area (Å²) in [6, 6.07) is 6.92. The molecule has 92 valence electrons. The standard InChI is InChI=1S/C12H15IN2S2/c1-3-9(7-17-2)15-11-5-4-8(13)6-10(11)14-12(15)16/h4-6,9H,3,7H2,1-2H3,(H,14,16). The van der Waals surface area contributed by atoms with E-state index in [2.05, 4.69) is 63.5 Å². The summed E-state index contributed by atoms with van der Waals surface area (Å²) in [7, 11) is 0. The largest absolute Gasteiger partial charge is 0.331 e. The SMILES string of the molecule is CCC(CSC)n1c(=S)[nH]c2cc(I)ccc21. The lowest BCUT2D eigenvalue weighted by Gasteiger charge is -2.16. The van der Waals surface area contributed by atoms with Crippen molar-refractivity contribution >= 4 is 57.6 Å². The van der Waals surface area contributed by atoms with Crippen molar-refractivity contribution in [1.82, 2.24) is 9.55 Å². The Morgan fingerprint density at radius 1 is 1.53 bits per heavy atom. The predicted molar refractivity (Wildman–Crippen MR) is 87.5 cm³/mol. The quantitative estimate of drug-likeness (QED) is 0.619. The molecule has 0 fully saturated rings. The molecule has 0 radical (unpaired) electrons. The summed E-state index contributed by atoms with van der Waals surface area (Å²) < 4.78 is 4.33. The molecule has 1 aromatic carbocycles. The van der Waals surface area contributed by atoms with Crippen LogP contribution in [0.1, 0.15) is 19.4 Å². The molecule has 1 N–H and O–H groups in total. The lowest BCUT2D eigenvalue weighted by molar-refractivity contribution is 0.547. The molecule has 0 aliphatic heterocycles. The zero-order valence-electron chi connectivity index (χ0n) is 9.87. The van der Waals surface area contributed by atoms with Crippen LogP contribution in [0, 0.1) is 8.34 Å². The van der Waals surface area contributed by atoms with Crippen molar-refractivity contribution in [3.8, 4) is 0 Å². The van der Waals surface area contributed by atoms with Gasteiger partial charge in [-0.25, -0.2) is 0 Å². The van der Waals surface area contributed by atoms with E-state index in [4.69, 9.17) is 12.2 Å².